The number of carbonyl (C=O) groups excluding carboxylic acids is 1. The van der Waals surface area contributed by atoms with Crippen LogP contribution in [0.4, 0.5) is 0 Å². The highest BCUT2D eigenvalue weighted by atomic mass is 32.2. The predicted octanol–water partition coefficient (Wildman–Crippen LogP) is 5.91. The molecule has 1 aliphatic rings. The van der Waals surface area contributed by atoms with Crippen LogP contribution in [0.3, 0.4) is 0 Å². The largest absolute Gasteiger partial charge is 0.497 e. The average Bonchev–Trinajstić information content (AvgIpc) is 3.30. The molecule has 0 fully saturated rings. The van der Waals surface area contributed by atoms with Crippen molar-refractivity contribution in [2.75, 3.05) is 7.11 Å². The number of carbonyl (C=O) groups is 1. The third-order valence-corrected chi connectivity index (χ3v) is 8.59. The fraction of sp³-hybridized carbons (Fsp3) is 0.156. The van der Waals surface area contributed by atoms with Crippen LogP contribution >= 0.6 is 0 Å². The van der Waals surface area contributed by atoms with Gasteiger partial charge in [0, 0.05) is 5.57 Å². The van der Waals surface area contributed by atoms with Crippen molar-refractivity contribution in [1.82, 2.24) is 4.72 Å². The first-order chi connectivity index (χ1) is 18.3. The molecular weight excluding hydrogens is 494 g/mol. The summed E-state index contributed by atoms with van der Waals surface area (Å²) < 4.78 is 35.4. The van der Waals surface area contributed by atoms with Crippen molar-refractivity contribution in [2.24, 2.45) is 0 Å². The number of nitrogens with one attached hydrogen (secondary N) is 1. The minimum Gasteiger partial charge on any atom is -0.497 e. The van der Waals surface area contributed by atoms with E-state index in [1.807, 2.05) is 79.7 Å². The van der Waals surface area contributed by atoms with Crippen molar-refractivity contribution in [1.29, 1.82) is 0 Å². The summed E-state index contributed by atoms with van der Waals surface area (Å²) in [5, 5.41) is 0. The van der Waals surface area contributed by atoms with Gasteiger partial charge in [-0.3, -0.25) is 4.79 Å². The standard InChI is InChI=1S/C32H29NO4S/c1-23-16-18-28(19-17-23)38(35,36)33-30(24-10-9-15-27(22-24)37-2)29-20-21-32(31(29)34,25-11-5-3-6-12-25)26-13-7-4-8-14-26/h3-20,22,30,33H,21H2,1-2H3/t30-/m0/s1. The van der Waals surface area contributed by atoms with E-state index in [1.54, 1.807) is 49.6 Å². The Hall–Kier alpha value is -4.00. The molecule has 5 nitrogen and oxygen atoms in total. The van der Waals surface area contributed by atoms with Gasteiger partial charge in [-0.05, 0) is 54.3 Å². The van der Waals surface area contributed by atoms with E-state index in [0.29, 0.717) is 23.3 Å². The molecule has 0 radical (unpaired) electrons. The number of allylic oxidation sites excluding steroid dienone is 1. The van der Waals surface area contributed by atoms with Crippen LogP contribution in [0.2, 0.25) is 0 Å². The van der Waals surface area contributed by atoms with Gasteiger partial charge in [-0.2, -0.15) is 4.72 Å². The second-order valence-corrected chi connectivity index (χ2v) is 11.2. The molecule has 0 saturated carbocycles. The number of aryl methyl sites for hydroxylation is 1. The van der Waals surface area contributed by atoms with Crippen molar-refractivity contribution in [3.05, 3.63) is 143 Å². The van der Waals surface area contributed by atoms with Crippen molar-refractivity contribution >= 4 is 15.8 Å². The van der Waals surface area contributed by atoms with Crippen LogP contribution < -0.4 is 9.46 Å². The maximum Gasteiger partial charge on any atom is 0.241 e. The molecule has 0 heterocycles. The van der Waals surface area contributed by atoms with Gasteiger partial charge in [0.25, 0.3) is 0 Å². The van der Waals surface area contributed by atoms with E-state index in [-0.39, 0.29) is 10.7 Å². The summed E-state index contributed by atoms with van der Waals surface area (Å²) in [5.74, 6) is 0.444. The van der Waals surface area contributed by atoms with Crippen LogP contribution in [0.5, 0.6) is 5.75 Å². The smallest absolute Gasteiger partial charge is 0.241 e. The number of hydrogen-bond donors (Lipinski definition) is 1. The number of ketones is 1. The summed E-state index contributed by atoms with van der Waals surface area (Å²) in [5.41, 5.74) is 2.77. The van der Waals surface area contributed by atoms with Gasteiger partial charge in [-0.15, -0.1) is 0 Å². The van der Waals surface area contributed by atoms with Gasteiger partial charge in [0.15, 0.2) is 5.78 Å². The lowest BCUT2D eigenvalue weighted by Crippen LogP contribution is -2.38. The second kappa shape index (κ2) is 10.4. The van der Waals surface area contributed by atoms with E-state index in [2.05, 4.69) is 4.72 Å². The highest BCUT2D eigenvalue weighted by Crippen LogP contribution is 2.46. The zero-order valence-corrected chi connectivity index (χ0v) is 22.1. The Morgan fingerprint density at radius 2 is 1.42 bits per heavy atom. The molecule has 0 amide bonds. The number of hydrogen-bond acceptors (Lipinski definition) is 4. The van der Waals surface area contributed by atoms with Crippen LogP contribution in [-0.2, 0) is 20.2 Å². The molecule has 6 heteroatoms. The summed E-state index contributed by atoms with van der Waals surface area (Å²) >= 11 is 0. The Labute approximate surface area is 223 Å². The van der Waals surface area contributed by atoms with Gasteiger partial charge >= 0.3 is 0 Å². The predicted molar refractivity (Wildman–Crippen MR) is 149 cm³/mol. The first kappa shape index (κ1) is 25.6. The molecular formula is C32H29NO4S. The van der Waals surface area contributed by atoms with Gasteiger partial charge in [0.1, 0.15) is 5.75 Å². The number of sulfonamides is 1. The molecule has 1 N–H and O–H groups in total. The molecule has 0 aromatic heterocycles. The molecule has 0 aliphatic heterocycles. The molecule has 0 unspecified atom stereocenters. The third-order valence-electron chi connectivity index (χ3n) is 7.15. The molecule has 1 aliphatic carbocycles. The lowest BCUT2D eigenvalue weighted by Gasteiger charge is -2.31. The number of rotatable bonds is 8. The minimum absolute atomic E-state index is 0.130. The molecule has 0 saturated heterocycles. The summed E-state index contributed by atoms with van der Waals surface area (Å²) in [6.07, 6.45) is 2.30. The van der Waals surface area contributed by atoms with Crippen LogP contribution in [0.25, 0.3) is 0 Å². The van der Waals surface area contributed by atoms with E-state index < -0.39 is 21.5 Å². The quantitative estimate of drug-likeness (QED) is 0.312. The van der Waals surface area contributed by atoms with E-state index >= 15 is 0 Å². The first-order valence-corrected chi connectivity index (χ1v) is 13.9. The molecule has 0 bridgehead atoms. The van der Waals surface area contributed by atoms with Gasteiger partial charge in [0.2, 0.25) is 10.0 Å². The molecule has 192 valence electrons. The van der Waals surface area contributed by atoms with E-state index in [9.17, 15) is 13.2 Å². The lowest BCUT2D eigenvalue weighted by atomic mass is 9.70. The fourth-order valence-corrected chi connectivity index (χ4v) is 6.33. The van der Waals surface area contributed by atoms with Crippen LogP contribution in [0, 0.1) is 6.92 Å². The molecule has 5 rings (SSSR count). The van der Waals surface area contributed by atoms with E-state index in [1.165, 1.54) is 0 Å². The summed E-state index contributed by atoms with van der Waals surface area (Å²) in [7, 11) is -2.40. The van der Waals surface area contributed by atoms with Gasteiger partial charge in [-0.1, -0.05) is 96.6 Å². The van der Waals surface area contributed by atoms with Gasteiger partial charge in [-0.25, -0.2) is 8.42 Å². The normalized spacial score (nSPS) is 15.6. The summed E-state index contributed by atoms with van der Waals surface area (Å²) in [6, 6.07) is 32.3. The Bertz CT molecular complexity index is 1540. The number of benzene rings is 4. The molecule has 1 atom stereocenters. The Morgan fingerprint density at radius 3 is 2.00 bits per heavy atom. The Kier molecular flexibility index (Phi) is 7.02. The second-order valence-electron chi connectivity index (χ2n) is 9.47. The maximum atomic E-state index is 14.5. The molecule has 0 spiro atoms. The van der Waals surface area contributed by atoms with Gasteiger partial charge in [0.05, 0.1) is 23.5 Å². The Morgan fingerprint density at radius 1 is 0.816 bits per heavy atom. The summed E-state index contributed by atoms with van der Waals surface area (Å²) in [4.78, 5) is 14.7. The van der Waals surface area contributed by atoms with Crippen molar-refractivity contribution in [2.45, 2.75) is 29.7 Å². The highest BCUT2D eigenvalue weighted by molar-refractivity contribution is 7.89. The molecule has 4 aromatic carbocycles. The van der Waals surface area contributed by atoms with Crippen LogP contribution in [0.1, 0.15) is 34.7 Å². The first-order valence-electron chi connectivity index (χ1n) is 12.4. The lowest BCUT2D eigenvalue weighted by molar-refractivity contribution is -0.119. The molecule has 4 aromatic rings. The molecule has 38 heavy (non-hydrogen) atoms. The number of Topliss-reactive ketones (excluding diaryl/α,β-unsaturated/α-hetero) is 1. The minimum atomic E-state index is -3.96. The Balaban J connectivity index is 1.62. The zero-order chi connectivity index (χ0) is 26.8. The van der Waals surface area contributed by atoms with Crippen molar-refractivity contribution in [3.63, 3.8) is 0 Å². The van der Waals surface area contributed by atoms with E-state index in [0.717, 1.165) is 16.7 Å². The maximum absolute atomic E-state index is 14.5. The monoisotopic (exact) mass is 523 g/mol. The number of methoxy groups -OCH3 is 1. The topological polar surface area (TPSA) is 72.5 Å². The average molecular weight is 524 g/mol. The van der Waals surface area contributed by atoms with E-state index in [4.69, 9.17) is 4.74 Å². The van der Waals surface area contributed by atoms with Crippen molar-refractivity contribution in [3.8, 4) is 5.75 Å². The zero-order valence-electron chi connectivity index (χ0n) is 21.3. The van der Waals surface area contributed by atoms with Crippen LogP contribution in [-0.4, -0.2) is 21.3 Å². The van der Waals surface area contributed by atoms with Crippen molar-refractivity contribution < 1.29 is 17.9 Å². The third kappa shape index (κ3) is 4.69. The summed E-state index contributed by atoms with van der Waals surface area (Å²) in [6.45, 7) is 1.90. The van der Waals surface area contributed by atoms with Crippen LogP contribution in [0.15, 0.2) is 126 Å². The highest BCUT2D eigenvalue weighted by Gasteiger charge is 2.48. The fourth-order valence-electron chi connectivity index (χ4n) is 5.13. The SMILES string of the molecule is COc1cccc([C@H](NS(=O)(=O)c2ccc(C)cc2)C2=CCC(c3ccccc3)(c3ccccc3)C2=O)c1. The number of ether oxygens (including phenoxy) is 1. The van der Waals surface area contributed by atoms with Gasteiger partial charge < -0.3 is 4.74 Å².